The van der Waals surface area contributed by atoms with Crippen LogP contribution in [0, 0.1) is 0 Å². The van der Waals surface area contributed by atoms with E-state index in [1.54, 1.807) is 24.3 Å². The maximum Gasteiger partial charge on any atom is 0.254 e. The monoisotopic (exact) mass is 397 g/mol. The van der Waals surface area contributed by atoms with Crippen LogP contribution in [0.5, 0.6) is 5.75 Å². The highest BCUT2D eigenvalue weighted by Crippen LogP contribution is 2.39. The fourth-order valence-electron chi connectivity index (χ4n) is 3.52. The third kappa shape index (κ3) is 3.05. The van der Waals surface area contributed by atoms with Gasteiger partial charge in [-0.1, -0.05) is 12.1 Å². The van der Waals surface area contributed by atoms with Crippen molar-refractivity contribution in [1.29, 1.82) is 0 Å². The van der Waals surface area contributed by atoms with Crippen molar-refractivity contribution in [1.82, 2.24) is 0 Å². The number of nitrogens with zero attached hydrogens (tertiary/aromatic N) is 1. The number of rotatable bonds is 4. The topological polar surface area (TPSA) is 121 Å². The summed E-state index contributed by atoms with van der Waals surface area (Å²) in [6, 6.07) is 6.94. The van der Waals surface area contributed by atoms with Crippen LogP contribution in [-0.4, -0.2) is 18.9 Å². The maximum absolute atomic E-state index is 12.1. The Morgan fingerprint density at radius 3 is 2.68 bits per heavy atom. The molecular weight excluding hydrogens is 378 g/mol. The summed E-state index contributed by atoms with van der Waals surface area (Å²) in [5.41, 5.74) is 13.2. The van der Waals surface area contributed by atoms with Gasteiger partial charge in [0.15, 0.2) is 11.3 Å². The summed E-state index contributed by atoms with van der Waals surface area (Å²) in [5, 5.41) is 1.10. The van der Waals surface area contributed by atoms with Crippen LogP contribution in [0.2, 0.25) is 0 Å². The average molecular weight is 397 g/mol. The van der Waals surface area contributed by atoms with E-state index in [1.165, 1.54) is 18.4 Å². The molecule has 0 radical (unpaired) electrons. The van der Waals surface area contributed by atoms with Crippen molar-refractivity contribution in [2.45, 2.75) is 25.7 Å². The zero-order chi connectivity index (χ0) is 19.8. The number of nitrogens with two attached hydrogens (primary N) is 2. The van der Waals surface area contributed by atoms with Crippen LogP contribution >= 0.6 is 11.3 Å². The molecule has 0 unspecified atom stereocenters. The predicted molar refractivity (Wildman–Crippen MR) is 106 cm³/mol. The molecule has 0 aliphatic heterocycles. The summed E-state index contributed by atoms with van der Waals surface area (Å²) in [7, 11) is 1.53. The molecule has 0 saturated heterocycles. The smallest absolute Gasteiger partial charge is 0.254 e. The molecule has 4 rings (SSSR count). The Balaban J connectivity index is 2.02. The molecule has 0 atom stereocenters. The predicted octanol–water partition coefficient (Wildman–Crippen LogP) is 2.81. The number of fused-ring (bicyclic) bond motifs is 2. The summed E-state index contributed by atoms with van der Waals surface area (Å²) >= 11 is 1.41. The van der Waals surface area contributed by atoms with Gasteiger partial charge in [0.2, 0.25) is 5.55 Å². The highest BCUT2D eigenvalue weighted by Gasteiger charge is 2.24. The molecule has 0 bridgehead atoms. The van der Waals surface area contributed by atoms with E-state index >= 15 is 0 Å². The molecule has 0 spiro atoms. The van der Waals surface area contributed by atoms with Gasteiger partial charge < -0.3 is 20.6 Å². The first-order valence-corrected chi connectivity index (χ1v) is 9.71. The number of para-hydroxylation sites is 1. The van der Waals surface area contributed by atoms with Crippen molar-refractivity contribution < 1.29 is 18.7 Å². The number of carbonyl (C=O) groups is 2. The minimum atomic E-state index is -0.672. The highest BCUT2D eigenvalue weighted by atomic mass is 32.1. The molecule has 28 heavy (non-hydrogen) atoms. The molecule has 2 heterocycles. The Bertz CT molecular complexity index is 1180. The lowest BCUT2D eigenvalue weighted by Crippen LogP contribution is -2.22. The Morgan fingerprint density at radius 1 is 1.18 bits per heavy atom. The summed E-state index contributed by atoms with van der Waals surface area (Å²) in [6.45, 7) is 0. The number of carbonyl (C=O) groups excluding carboxylic acids is 2. The van der Waals surface area contributed by atoms with Gasteiger partial charge in [-0.2, -0.15) is 0 Å². The highest BCUT2D eigenvalue weighted by molar-refractivity contribution is 7.16. The van der Waals surface area contributed by atoms with Gasteiger partial charge in [-0.05, 0) is 43.4 Å². The van der Waals surface area contributed by atoms with E-state index in [9.17, 15) is 9.59 Å². The third-order valence-electron chi connectivity index (χ3n) is 4.83. The summed E-state index contributed by atoms with van der Waals surface area (Å²) in [5.74, 6) is -0.697. The van der Waals surface area contributed by atoms with Crippen LogP contribution in [-0.2, 0) is 12.8 Å². The van der Waals surface area contributed by atoms with Crippen LogP contribution in [0.1, 0.15) is 44.0 Å². The zero-order valence-electron chi connectivity index (χ0n) is 15.3. The number of hydrogen-bond donors (Lipinski definition) is 2. The minimum Gasteiger partial charge on any atom is -0.493 e. The van der Waals surface area contributed by atoms with Gasteiger partial charge >= 0.3 is 0 Å². The summed E-state index contributed by atoms with van der Waals surface area (Å²) in [6.07, 6.45) is 3.76. The Kier molecular flexibility index (Phi) is 4.64. The van der Waals surface area contributed by atoms with Gasteiger partial charge in [-0.15, -0.1) is 11.3 Å². The van der Waals surface area contributed by atoms with Gasteiger partial charge in [0.05, 0.1) is 12.7 Å². The van der Waals surface area contributed by atoms with E-state index < -0.39 is 11.8 Å². The SMILES string of the molecule is COc1cccc2cc(C(N)=O)/c(=N/c3sc4c(c3C(N)=O)CCCC4)oc12. The van der Waals surface area contributed by atoms with Crippen molar-refractivity contribution >= 4 is 39.1 Å². The lowest BCUT2D eigenvalue weighted by Gasteiger charge is -2.10. The van der Waals surface area contributed by atoms with Gasteiger partial charge in [0.25, 0.3) is 11.8 Å². The largest absolute Gasteiger partial charge is 0.493 e. The molecule has 4 N–H and O–H groups in total. The van der Waals surface area contributed by atoms with Gasteiger partial charge in [0, 0.05) is 10.3 Å². The lowest BCUT2D eigenvalue weighted by atomic mass is 9.95. The third-order valence-corrected chi connectivity index (χ3v) is 6.01. The molecule has 7 nitrogen and oxygen atoms in total. The first-order valence-electron chi connectivity index (χ1n) is 8.89. The molecule has 2 amide bonds. The first kappa shape index (κ1) is 18.2. The zero-order valence-corrected chi connectivity index (χ0v) is 16.1. The molecule has 2 aromatic heterocycles. The van der Waals surface area contributed by atoms with Gasteiger partial charge in [-0.3, -0.25) is 9.59 Å². The maximum atomic E-state index is 12.1. The first-order chi connectivity index (χ1) is 13.5. The molecule has 1 aliphatic rings. The molecule has 144 valence electrons. The molecule has 0 saturated carbocycles. The van der Waals surface area contributed by atoms with Crippen molar-refractivity contribution in [2.24, 2.45) is 16.5 Å². The van der Waals surface area contributed by atoms with E-state index in [0.717, 1.165) is 36.1 Å². The van der Waals surface area contributed by atoms with Crippen molar-refractivity contribution in [3.05, 3.63) is 51.4 Å². The fourth-order valence-corrected chi connectivity index (χ4v) is 4.78. The number of aryl methyl sites for hydroxylation is 1. The van der Waals surface area contributed by atoms with Crippen LogP contribution in [0.15, 0.2) is 33.7 Å². The molecular formula is C20H19N3O4S. The quantitative estimate of drug-likeness (QED) is 0.703. The fraction of sp³-hybridized carbons (Fsp3) is 0.250. The van der Waals surface area contributed by atoms with Crippen LogP contribution in [0.3, 0.4) is 0 Å². The van der Waals surface area contributed by atoms with E-state index in [0.29, 0.717) is 27.3 Å². The molecule has 3 aromatic rings. The average Bonchev–Trinajstić information content (AvgIpc) is 3.04. The molecule has 1 aliphatic carbocycles. The summed E-state index contributed by atoms with van der Waals surface area (Å²) < 4.78 is 11.2. The number of benzene rings is 1. The van der Waals surface area contributed by atoms with E-state index in [4.69, 9.17) is 20.6 Å². The lowest BCUT2D eigenvalue weighted by molar-refractivity contribution is 0.0990. The second kappa shape index (κ2) is 7.12. The number of primary amides is 2. The van der Waals surface area contributed by atoms with Crippen LogP contribution < -0.4 is 21.8 Å². The Hall–Kier alpha value is -3.13. The number of thiophene rings is 1. The minimum absolute atomic E-state index is 0.0330. The van der Waals surface area contributed by atoms with Crippen LogP contribution in [0.4, 0.5) is 5.00 Å². The normalized spacial score (nSPS) is 14.1. The van der Waals surface area contributed by atoms with Gasteiger partial charge in [0.1, 0.15) is 10.6 Å². The standard InChI is InChI=1S/C20H19N3O4S/c1-26-13-7-4-5-10-9-12(17(21)24)19(27-16(10)13)23-20-15(18(22)25)11-6-2-3-8-14(11)28-20/h4-5,7,9H,2-3,6,8H2,1H3,(H2,21,24)(H2,22,25)/b23-19-. The number of methoxy groups -OCH3 is 1. The van der Waals surface area contributed by atoms with Gasteiger partial charge in [-0.25, -0.2) is 4.99 Å². The van der Waals surface area contributed by atoms with Crippen molar-refractivity contribution in [2.75, 3.05) is 7.11 Å². The molecule has 8 heteroatoms. The Labute approximate surface area is 164 Å². The number of amides is 2. The number of hydrogen-bond acceptors (Lipinski definition) is 6. The second-order valence-corrected chi connectivity index (χ2v) is 7.66. The van der Waals surface area contributed by atoms with E-state index in [1.807, 2.05) is 0 Å². The van der Waals surface area contributed by atoms with Crippen molar-refractivity contribution in [3.63, 3.8) is 0 Å². The molecule has 1 aromatic carbocycles. The van der Waals surface area contributed by atoms with Crippen LogP contribution in [0.25, 0.3) is 11.0 Å². The van der Waals surface area contributed by atoms with E-state index in [2.05, 4.69) is 4.99 Å². The number of ether oxygens (including phenoxy) is 1. The van der Waals surface area contributed by atoms with Crippen molar-refractivity contribution in [3.8, 4) is 5.75 Å². The molecule has 0 fully saturated rings. The summed E-state index contributed by atoms with van der Waals surface area (Å²) in [4.78, 5) is 29.7. The Morgan fingerprint density at radius 2 is 1.96 bits per heavy atom. The second-order valence-electron chi connectivity index (χ2n) is 6.58. The van der Waals surface area contributed by atoms with E-state index in [-0.39, 0.29) is 11.1 Å².